The van der Waals surface area contributed by atoms with Crippen molar-refractivity contribution >= 4 is 39.9 Å². The van der Waals surface area contributed by atoms with E-state index in [0.717, 1.165) is 0 Å². The van der Waals surface area contributed by atoms with Crippen LogP contribution in [0.1, 0.15) is 12.8 Å². The zero-order valence-electron chi connectivity index (χ0n) is 20.1. The summed E-state index contributed by atoms with van der Waals surface area (Å²) in [6.07, 6.45) is 2.59. The quantitative estimate of drug-likeness (QED) is 0.399. The number of nitrogens with zero attached hydrogens (tertiary/aromatic N) is 3. The average molecular weight is 519 g/mol. The first-order chi connectivity index (χ1) is 17.5. The highest BCUT2D eigenvalue weighted by Crippen LogP contribution is 2.37. The Balaban J connectivity index is 1.60. The minimum absolute atomic E-state index is 0.00605. The van der Waals surface area contributed by atoms with Crippen molar-refractivity contribution in [3.63, 3.8) is 0 Å². The molecule has 1 aliphatic rings. The summed E-state index contributed by atoms with van der Waals surface area (Å²) in [6, 6.07) is 8.25. The number of benzene rings is 2. The first kappa shape index (κ1) is 25.9. The van der Waals surface area contributed by atoms with Gasteiger partial charge in [0.05, 0.1) is 22.8 Å². The molecule has 192 valence electrons. The predicted octanol–water partition coefficient (Wildman–Crippen LogP) is 4.21. The molecule has 0 atom stereocenters. The van der Waals surface area contributed by atoms with Crippen LogP contribution in [0.4, 0.5) is 15.9 Å². The van der Waals surface area contributed by atoms with Crippen molar-refractivity contribution < 1.29 is 28.1 Å². The third kappa shape index (κ3) is 6.13. The molecule has 9 nitrogen and oxygen atoms in total. The van der Waals surface area contributed by atoms with Gasteiger partial charge in [0.25, 0.3) is 0 Å². The van der Waals surface area contributed by atoms with Crippen molar-refractivity contribution in [1.82, 2.24) is 14.9 Å². The maximum Gasteiger partial charge on any atom is 0.248 e. The molecule has 1 N–H and O–H groups in total. The number of methoxy groups -OCH3 is 2. The van der Waals surface area contributed by atoms with Gasteiger partial charge in [0.1, 0.15) is 31.5 Å². The molecular weight excluding hydrogens is 491 g/mol. The number of fused-ring (bicyclic) bond motifs is 1. The van der Waals surface area contributed by atoms with Gasteiger partial charge < -0.3 is 29.2 Å². The van der Waals surface area contributed by atoms with Crippen LogP contribution in [0.5, 0.6) is 11.5 Å². The van der Waals surface area contributed by atoms with E-state index in [9.17, 15) is 9.18 Å². The number of hydrogen-bond acceptors (Lipinski definition) is 8. The molecule has 0 bridgehead atoms. The van der Waals surface area contributed by atoms with Crippen molar-refractivity contribution in [3.05, 3.63) is 47.5 Å². The standard InChI is InChI=1S/C25H28ClFN4O5/c1-33-10-11-35-21-13-20-17(25(29-15-28-20)30-19-5-3-4-18(26)24(19)27)12-22(21)36-16-6-8-31(9-7-16)23(32)14-34-2/h3-5,12-13,15-16H,6-11,14H2,1-2H3,(H,28,29,30). The Morgan fingerprint density at radius 3 is 2.69 bits per heavy atom. The van der Waals surface area contributed by atoms with Crippen LogP contribution < -0.4 is 14.8 Å². The van der Waals surface area contributed by atoms with E-state index in [1.807, 2.05) is 0 Å². The van der Waals surface area contributed by atoms with Gasteiger partial charge in [0.15, 0.2) is 17.3 Å². The molecule has 4 rings (SSSR count). The summed E-state index contributed by atoms with van der Waals surface area (Å²) >= 11 is 5.93. The van der Waals surface area contributed by atoms with E-state index in [4.69, 9.17) is 30.5 Å². The number of carbonyl (C=O) groups is 1. The summed E-state index contributed by atoms with van der Waals surface area (Å²) in [5, 5.41) is 3.64. The highest BCUT2D eigenvalue weighted by Gasteiger charge is 2.25. The van der Waals surface area contributed by atoms with Crippen LogP contribution in [0.15, 0.2) is 36.7 Å². The molecule has 0 saturated carbocycles. The predicted molar refractivity (Wildman–Crippen MR) is 134 cm³/mol. The second kappa shape index (κ2) is 12.2. The number of piperidine rings is 1. The van der Waals surface area contributed by atoms with Crippen LogP contribution in [-0.4, -0.2) is 74.0 Å². The molecule has 0 spiro atoms. The van der Waals surface area contributed by atoms with Crippen LogP contribution in [0.2, 0.25) is 5.02 Å². The Kier molecular flexibility index (Phi) is 8.74. The van der Waals surface area contributed by atoms with Crippen molar-refractivity contribution in [2.75, 3.05) is 52.4 Å². The van der Waals surface area contributed by atoms with Crippen molar-refractivity contribution in [3.8, 4) is 11.5 Å². The lowest BCUT2D eigenvalue weighted by Crippen LogP contribution is -2.43. The molecule has 0 radical (unpaired) electrons. The Morgan fingerprint density at radius 2 is 1.94 bits per heavy atom. The lowest BCUT2D eigenvalue weighted by molar-refractivity contribution is -0.136. The molecule has 0 aliphatic carbocycles. The molecule has 3 aromatic rings. The highest BCUT2D eigenvalue weighted by atomic mass is 35.5. The second-order valence-electron chi connectivity index (χ2n) is 8.24. The lowest BCUT2D eigenvalue weighted by Gasteiger charge is -2.32. The van der Waals surface area contributed by atoms with Crippen LogP contribution in [-0.2, 0) is 14.3 Å². The van der Waals surface area contributed by atoms with E-state index in [1.165, 1.54) is 19.5 Å². The van der Waals surface area contributed by atoms with E-state index in [-0.39, 0.29) is 29.3 Å². The number of carbonyl (C=O) groups excluding carboxylic acids is 1. The Labute approximate surface area is 213 Å². The van der Waals surface area contributed by atoms with Gasteiger partial charge in [-0.1, -0.05) is 17.7 Å². The normalized spacial score (nSPS) is 14.2. The maximum absolute atomic E-state index is 14.5. The molecule has 1 aliphatic heterocycles. The van der Waals surface area contributed by atoms with Crippen molar-refractivity contribution in [1.29, 1.82) is 0 Å². The number of anilines is 2. The summed E-state index contributed by atoms with van der Waals surface area (Å²) in [5.74, 6) is 0.804. The smallest absolute Gasteiger partial charge is 0.248 e. The molecule has 2 aromatic carbocycles. The zero-order chi connectivity index (χ0) is 25.5. The fourth-order valence-corrected chi connectivity index (χ4v) is 4.12. The van der Waals surface area contributed by atoms with E-state index in [1.54, 1.807) is 36.3 Å². The summed E-state index contributed by atoms with van der Waals surface area (Å²) in [5.41, 5.74) is 0.785. The number of nitrogens with one attached hydrogen (secondary N) is 1. The lowest BCUT2D eigenvalue weighted by atomic mass is 10.1. The average Bonchev–Trinajstić information content (AvgIpc) is 2.88. The molecule has 11 heteroatoms. The van der Waals surface area contributed by atoms with E-state index in [0.29, 0.717) is 67.4 Å². The fourth-order valence-electron chi connectivity index (χ4n) is 3.95. The van der Waals surface area contributed by atoms with Crippen LogP contribution in [0.25, 0.3) is 10.9 Å². The number of hydrogen-bond donors (Lipinski definition) is 1. The minimum atomic E-state index is -0.572. The molecule has 2 heterocycles. The fraction of sp³-hybridized carbons (Fsp3) is 0.400. The number of amides is 1. The number of rotatable bonds is 10. The largest absolute Gasteiger partial charge is 0.487 e. The third-order valence-corrected chi connectivity index (χ3v) is 6.10. The van der Waals surface area contributed by atoms with Gasteiger partial charge in [-0.2, -0.15) is 0 Å². The van der Waals surface area contributed by atoms with Crippen molar-refractivity contribution in [2.45, 2.75) is 18.9 Å². The van der Waals surface area contributed by atoms with Gasteiger partial charge in [-0.05, 0) is 18.2 Å². The Hall–Kier alpha value is -3.21. The van der Waals surface area contributed by atoms with Crippen LogP contribution in [0, 0.1) is 5.82 Å². The Morgan fingerprint density at radius 1 is 1.14 bits per heavy atom. The molecule has 1 saturated heterocycles. The highest BCUT2D eigenvalue weighted by molar-refractivity contribution is 6.31. The number of ether oxygens (including phenoxy) is 4. The SMILES string of the molecule is COCCOc1cc2ncnc(Nc3cccc(Cl)c3F)c2cc1OC1CCN(C(=O)COC)CC1. The van der Waals surface area contributed by atoms with E-state index < -0.39 is 5.82 Å². The zero-order valence-corrected chi connectivity index (χ0v) is 20.9. The first-order valence-electron chi connectivity index (χ1n) is 11.5. The Bertz CT molecular complexity index is 1210. The summed E-state index contributed by atoms with van der Waals surface area (Å²) in [7, 11) is 3.10. The van der Waals surface area contributed by atoms with E-state index in [2.05, 4.69) is 15.3 Å². The molecular formula is C25H28ClFN4O5. The monoisotopic (exact) mass is 518 g/mol. The number of likely N-dealkylation sites (tertiary alicyclic amines) is 1. The van der Waals surface area contributed by atoms with Gasteiger partial charge in [0.2, 0.25) is 5.91 Å². The first-order valence-corrected chi connectivity index (χ1v) is 11.9. The van der Waals surface area contributed by atoms with Crippen LogP contribution in [0.3, 0.4) is 0 Å². The molecule has 1 aromatic heterocycles. The maximum atomic E-state index is 14.5. The topological polar surface area (TPSA) is 95.0 Å². The molecule has 1 amide bonds. The third-order valence-electron chi connectivity index (χ3n) is 5.81. The van der Waals surface area contributed by atoms with E-state index >= 15 is 0 Å². The van der Waals surface area contributed by atoms with Gasteiger partial charge in [-0.15, -0.1) is 0 Å². The second-order valence-corrected chi connectivity index (χ2v) is 8.64. The number of aromatic nitrogens is 2. The van der Waals surface area contributed by atoms with Gasteiger partial charge >= 0.3 is 0 Å². The van der Waals surface area contributed by atoms with Crippen molar-refractivity contribution in [2.24, 2.45) is 0 Å². The molecule has 1 fully saturated rings. The van der Waals surface area contributed by atoms with Gasteiger partial charge in [-0.25, -0.2) is 14.4 Å². The van der Waals surface area contributed by atoms with Gasteiger partial charge in [-0.3, -0.25) is 4.79 Å². The summed E-state index contributed by atoms with van der Waals surface area (Å²) in [4.78, 5) is 22.6. The minimum Gasteiger partial charge on any atom is -0.487 e. The summed E-state index contributed by atoms with van der Waals surface area (Å²) < 4.78 is 36.8. The van der Waals surface area contributed by atoms with Gasteiger partial charge in [0, 0.05) is 51.6 Å². The number of halogens is 2. The molecule has 36 heavy (non-hydrogen) atoms. The molecule has 0 unspecified atom stereocenters. The van der Waals surface area contributed by atoms with Crippen LogP contribution >= 0.6 is 11.6 Å². The summed E-state index contributed by atoms with van der Waals surface area (Å²) in [6.45, 7) is 1.94.